The zero-order valence-electron chi connectivity index (χ0n) is 17.0. The van der Waals surface area contributed by atoms with Gasteiger partial charge in [-0.05, 0) is 41.2 Å². The number of rotatable bonds is 6. The average Bonchev–Trinajstić information content (AvgIpc) is 2.77. The lowest BCUT2D eigenvalue weighted by atomic mass is 9.88. The number of aliphatic hydroxyl groups excluding tert-OH is 4. The van der Waals surface area contributed by atoms with Crippen molar-refractivity contribution in [1.82, 2.24) is 0 Å². The maximum absolute atomic E-state index is 10.5. The predicted molar refractivity (Wildman–Crippen MR) is 109 cm³/mol. The molecule has 0 unspecified atom stereocenters. The van der Waals surface area contributed by atoms with Crippen molar-refractivity contribution in [2.75, 3.05) is 13.7 Å². The molecule has 7 heteroatoms. The summed E-state index contributed by atoms with van der Waals surface area (Å²) in [5.41, 5.74) is 3.78. The number of aliphatic hydroxyl groups is 4. The molecule has 0 spiro atoms. The van der Waals surface area contributed by atoms with Crippen molar-refractivity contribution in [3.05, 3.63) is 64.2 Å². The molecule has 7 nitrogen and oxygen atoms in total. The summed E-state index contributed by atoms with van der Waals surface area (Å²) in [7, 11) is 1.45. The summed E-state index contributed by atoms with van der Waals surface area (Å²) in [4.78, 5) is 0. The van der Waals surface area contributed by atoms with E-state index >= 15 is 0 Å². The van der Waals surface area contributed by atoms with Crippen LogP contribution in [0.3, 0.4) is 0 Å². The van der Waals surface area contributed by atoms with Crippen molar-refractivity contribution < 1.29 is 29.9 Å². The first-order valence-electron chi connectivity index (χ1n) is 9.92. The van der Waals surface area contributed by atoms with Crippen LogP contribution in [0.2, 0.25) is 0 Å². The van der Waals surface area contributed by atoms with Crippen molar-refractivity contribution in [2.24, 2.45) is 0 Å². The van der Waals surface area contributed by atoms with E-state index in [0.717, 1.165) is 12.0 Å². The Balaban J connectivity index is 2.01. The van der Waals surface area contributed by atoms with Gasteiger partial charge in [0.25, 0.3) is 0 Å². The Hall–Kier alpha value is -2.47. The van der Waals surface area contributed by atoms with E-state index in [1.165, 1.54) is 12.7 Å². The fourth-order valence-electron chi connectivity index (χ4n) is 3.78. The number of ether oxygens (including phenoxy) is 2. The molecule has 1 aliphatic heterocycles. The summed E-state index contributed by atoms with van der Waals surface area (Å²) in [6.07, 6.45) is -4.93. The van der Waals surface area contributed by atoms with E-state index in [4.69, 9.17) is 9.47 Å². The van der Waals surface area contributed by atoms with Crippen molar-refractivity contribution in [3.8, 4) is 11.8 Å². The molecular weight excluding hydrogens is 386 g/mol. The van der Waals surface area contributed by atoms with Gasteiger partial charge in [0.05, 0.1) is 19.3 Å². The van der Waals surface area contributed by atoms with Crippen LogP contribution in [-0.2, 0) is 17.6 Å². The SMILES string of the molecule is CCc1ccc(Cc2cc([C@@H]3O[C@H](CO)[C@@H](O)[C@H](O)[C@H]3O)cc(OC)c2C#N)cc1. The average molecular weight is 413 g/mol. The lowest BCUT2D eigenvalue weighted by Crippen LogP contribution is -2.55. The molecule has 1 fully saturated rings. The highest BCUT2D eigenvalue weighted by Crippen LogP contribution is 2.36. The fraction of sp³-hybridized carbons (Fsp3) is 0.435. The molecule has 160 valence electrons. The van der Waals surface area contributed by atoms with Gasteiger partial charge in [0.1, 0.15) is 42.3 Å². The van der Waals surface area contributed by atoms with E-state index in [1.807, 2.05) is 24.3 Å². The zero-order valence-corrected chi connectivity index (χ0v) is 17.0. The summed E-state index contributed by atoms with van der Waals surface area (Å²) < 4.78 is 11.1. The van der Waals surface area contributed by atoms with Crippen LogP contribution >= 0.6 is 0 Å². The number of methoxy groups -OCH3 is 1. The van der Waals surface area contributed by atoms with Gasteiger partial charge in [-0.15, -0.1) is 0 Å². The number of nitrogens with zero attached hydrogens (tertiary/aromatic N) is 1. The van der Waals surface area contributed by atoms with Crippen LogP contribution in [0.4, 0.5) is 0 Å². The lowest BCUT2D eigenvalue weighted by Gasteiger charge is -2.40. The molecule has 0 amide bonds. The third-order valence-electron chi connectivity index (χ3n) is 5.58. The first kappa shape index (κ1) is 22.2. The van der Waals surface area contributed by atoms with Crippen LogP contribution < -0.4 is 4.74 Å². The Morgan fingerprint density at radius 2 is 1.70 bits per heavy atom. The fourth-order valence-corrected chi connectivity index (χ4v) is 3.78. The first-order chi connectivity index (χ1) is 14.4. The Labute approximate surface area is 175 Å². The Morgan fingerprint density at radius 1 is 1.03 bits per heavy atom. The largest absolute Gasteiger partial charge is 0.495 e. The van der Waals surface area contributed by atoms with Gasteiger partial charge in [0, 0.05) is 0 Å². The van der Waals surface area contributed by atoms with E-state index in [9.17, 15) is 25.7 Å². The number of hydrogen-bond acceptors (Lipinski definition) is 7. The highest BCUT2D eigenvalue weighted by Gasteiger charge is 2.44. The quantitative estimate of drug-likeness (QED) is 0.562. The minimum atomic E-state index is -1.48. The van der Waals surface area contributed by atoms with E-state index in [0.29, 0.717) is 28.9 Å². The number of nitriles is 1. The van der Waals surface area contributed by atoms with Crippen molar-refractivity contribution in [3.63, 3.8) is 0 Å². The number of benzene rings is 2. The summed E-state index contributed by atoms with van der Waals surface area (Å²) in [5, 5.41) is 49.8. The van der Waals surface area contributed by atoms with Crippen LogP contribution in [0, 0.1) is 11.3 Å². The maximum atomic E-state index is 10.5. The van der Waals surface area contributed by atoms with E-state index in [2.05, 4.69) is 13.0 Å². The maximum Gasteiger partial charge on any atom is 0.137 e. The first-order valence-corrected chi connectivity index (χ1v) is 9.92. The Morgan fingerprint density at radius 3 is 2.27 bits per heavy atom. The Bertz CT molecular complexity index is 905. The van der Waals surface area contributed by atoms with Gasteiger partial charge in [0.2, 0.25) is 0 Å². The van der Waals surface area contributed by atoms with Gasteiger partial charge in [-0.25, -0.2) is 0 Å². The van der Waals surface area contributed by atoms with Crippen LogP contribution in [0.25, 0.3) is 0 Å². The highest BCUT2D eigenvalue weighted by molar-refractivity contribution is 5.53. The molecule has 0 aliphatic carbocycles. The third kappa shape index (κ3) is 4.33. The van der Waals surface area contributed by atoms with Gasteiger partial charge in [0.15, 0.2) is 0 Å². The second-order valence-corrected chi connectivity index (χ2v) is 7.47. The number of aryl methyl sites for hydroxylation is 1. The third-order valence-corrected chi connectivity index (χ3v) is 5.58. The minimum Gasteiger partial charge on any atom is -0.495 e. The molecule has 0 bridgehead atoms. The summed E-state index contributed by atoms with van der Waals surface area (Å²) in [5.74, 6) is 0.326. The van der Waals surface area contributed by atoms with Crippen LogP contribution in [-0.4, -0.2) is 58.6 Å². The van der Waals surface area contributed by atoms with E-state index in [1.54, 1.807) is 12.1 Å². The number of hydrogen-bond donors (Lipinski definition) is 4. The molecule has 2 aromatic rings. The molecule has 0 aromatic heterocycles. The Kier molecular flexibility index (Phi) is 7.08. The lowest BCUT2D eigenvalue weighted by molar-refractivity contribution is -0.231. The molecule has 0 saturated carbocycles. The topological polar surface area (TPSA) is 123 Å². The summed E-state index contributed by atoms with van der Waals surface area (Å²) in [6.45, 7) is 1.57. The molecule has 1 aliphatic rings. The molecule has 1 heterocycles. The summed E-state index contributed by atoms with van der Waals surface area (Å²) >= 11 is 0. The van der Waals surface area contributed by atoms with Crippen molar-refractivity contribution in [2.45, 2.75) is 50.3 Å². The van der Waals surface area contributed by atoms with Gasteiger partial charge < -0.3 is 29.9 Å². The summed E-state index contributed by atoms with van der Waals surface area (Å²) in [6, 6.07) is 13.6. The van der Waals surface area contributed by atoms with E-state index < -0.39 is 37.1 Å². The van der Waals surface area contributed by atoms with E-state index in [-0.39, 0.29) is 0 Å². The minimum absolute atomic E-state index is 0.326. The zero-order chi connectivity index (χ0) is 21.8. The van der Waals surface area contributed by atoms with Gasteiger partial charge in [-0.1, -0.05) is 37.3 Å². The monoisotopic (exact) mass is 413 g/mol. The van der Waals surface area contributed by atoms with Gasteiger partial charge in [-0.3, -0.25) is 0 Å². The van der Waals surface area contributed by atoms with Crippen LogP contribution in [0.5, 0.6) is 5.75 Å². The molecule has 2 aromatic carbocycles. The highest BCUT2D eigenvalue weighted by atomic mass is 16.5. The van der Waals surface area contributed by atoms with Gasteiger partial charge in [-0.2, -0.15) is 5.26 Å². The smallest absolute Gasteiger partial charge is 0.137 e. The van der Waals surface area contributed by atoms with Crippen LogP contribution in [0.1, 0.15) is 40.8 Å². The predicted octanol–water partition coefficient (Wildman–Crippen LogP) is 1.23. The molecule has 1 saturated heterocycles. The molecule has 3 rings (SSSR count). The molecular formula is C23H27NO6. The molecule has 4 N–H and O–H groups in total. The standard InChI is InChI=1S/C23H27NO6/c1-3-13-4-6-14(7-5-13)8-15-9-16(10-18(29-2)17(15)11-24)23-22(28)21(27)20(26)19(12-25)30-23/h4-7,9-10,19-23,25-28H,3,8,12H2,1-2H3/t19-,20-,21+,22-,23+/m1/s1. The van der Waals surface area contributed by atoms with Crippen LogP contribution in [0.15, 0.2) is 36.4 Å². The second kappa shape index (κ2) is 9.56. The van der Waals surface area contributed by atoms with Crippen molar-refractivity contribution >= 4 is 0 Å². The normalized spacial score (nSPS) is 26.2. The molecule has 5 atom stereocenters. The molecule has 30 heavy (non-hydrogen) atoms. The molecule has 0 radical (unpaired) electrons. The van der Waals surface area contributed by atoms with Crippen molar-refractivity contribution in [1.29, 1.82) is 5.26 Å². The second-order valence-electron chi connectivity index (χ2n) is 7.47. The van der Waals surface area contributed by atoms with Gasteiger partial charge >= 0.3 is 0 Å².